The predicted molar refractivity (Wildman–Crippen MR) is 40.1 cm³/mol. The maximum absolute atomic E-state index is 5.84. The predicted octanol–water partition coefficient (Wildman–Crippen LogP) is 1.61. The molecule has 2 N–H and O–H groups in total. The fourth-order valence-corrected chi connectivity index (χ4v) is 1.17. The quantitative estimate of drug-likeness (QED) is 0.520. The van der Waals surface area contributed by atoms with Gasteiger partial charge in [0.25, 0.3) is 0 Å². The molecule has 0 bridgehead atoms. The second kappa shape index (κ2) is 1.48. The molecule has 0 aromatic carbocycles. The van der Waals surface area contributed by atoms with Gasteiger partial charge in [-0.15, -0.1) is 0 Å². The molecule has 1 aliphatic rings. The van der Waals surface area contributed by atoms with Crippen LogP contribution in [0, 0.1) is 0 Å². The fourth-order valence-electron chi connectivity index (χ4n) is 1.17. The smallest absolute Gasteiger partial charge is 0.0596 e. The molecule has 0 amide bonds. The molecule has 50 valence electrons. The van der Waals surface area contributed by atoms with Crippen molar-refractivity contribution in [2.24, 2.45) is 5.73 Å². The summed E-state index contributed by atoms with van der Waals surface area (Å²) in [6.07, 6.45) is 0. The number of hydrogen-bond donors (Lipinski definition) is 1. The Balaban J connectivity index is 3.06. The van der Waals surface area contributed by atoms with Crippen LogP contribution in [0.3, 0.4) is 0 Å². The van der Waals surface area contributed by atoms with Crippen molar-refractivity contribution in [2.75, 3.05) is 0 Å². The molecule has 1 atom stereocenters. The van der Waals surface area contributed by atoms with Gasteiger partial charge in [-0.05, 0) is 37.5 Å². The molecule has 1 rings (SSSR count). The third-order valence-electron chi connectivity index (χ3n) is 2.42. The minimum atomic E-state index is -0.204. The highest BCUT2D eigenvalue weighted by atomic mass is 14.8. The first-order chi connectivity index (χ1) is 3.98. The molecule has 1 unspecified atom stereocenters. The Morgan fingerprint density at radius 2 is 1.89 bits per heavy atom. The van der Waals surface area contributed by atoms with Crippen molar-refractivity contribution in [3.63, 3.8) is 0 Å². The van der Waals surface area contributed by atoms with Crippen LogP contribution in [-0.2, 0) is 0 Å². The van der Waals surface area contributed by atoms with Crippen molar-refractivity contribution in [2.45, 2.75) is 26.3 Å². The van der Waals surface area contributed by atoms with Crippen LogP contribution in [-0.4, -0.2) is 5.54 Å². The monoisotopic (exact) mass is 123 g/mol. The van der Waals surface area contributed by atoms with Gasteiger partial charge in [-0.25, -0.2) is 0 Å². The fraction of sp³-hybridized carbons (Fsp3) is 0.500. The summed E-state index contributed by atoms with van der Waals surface area (Å²) in [5.74, 6) is 0. The van der Waals surface area contributed by atoms with Gasteiger partial charge in [0.05, 0.1) is 5.54 Å². The summed E-state index contributed by atoms with van der Waals surface area (Å²) in [4.78, 5) is 0. The highest BCUT2D eigenvalue weighted by molar-refractivity contribution is 5.56. The van der Waals surface area contributed by atoms with Crippen molar-refractivity contribution in [1.29, 1.82) is 0 Å². The SMILES string of the molecule is C=C1C(C)=C(C)C1(C)N. The van der Waals surface area contributed by atoms with E-state index in [-0.39, 0.29) is 5.54 Å². The molecular weight excluding hydrogens is 110 g/mol. The lowest BCUT2D eigenvalue weighted by molar-refractivity contribution is 0.593. The van der Waals surface area contributed by atoms with Crippen LogP contribution in [0.5, 0.6) is 0 Å². The van der Waals surface area contributed by atoms with Gasteiger partial charge in [-0.2, -0.15) is 0 Å². The van der Waals surface area contributed by atoms with Crippen LogP contribution >= 0.6 is 0 Å². The highest BCUT2D eigenvalue weighted by Crippen LogP contribution is 2.39. The maximum atomic E-state index is 5.84. The van der Waals surface area contributed by atoms with Crippen LogP contribution in [0.15, 0.2) is 23.3 Å². The first kappa shape index (κ1) is 6.56. The van der Waals surface area contributed by atoms with Crippen molar-refractivity contribution in [3.05, 3.63) is 23.3 Å². The molecule has 0 aromatic rings. The van der Waals surface area contributed by atoms with Gasteiger partial charge in [-0.1, -0.05) is 6.58 Å². The molecule has 1 nitrogen and oxygen atoms in total. The largest absolute Gasteiger partial charge is 0.318 e. The van der Waals surface area contributed by atoms with Crippen LogP contribution in [0.1, 0.15) is 20.8 Å². The van der Waals surface area contributed by atoms with E-state index in [2.05, 4.69) is 20.4 Å². The Kier molecular flexibility index (Phi) is 1.08. The van der Waals surface area contributed by atoms with E-state index < -0.39 is 0 Å². The Morgan fingerprint density at radius 1 is 1.44 bits per heavy atom. The standard InChI is InChI=1S/C8H13N/c1-5-6(2)8(4,9)7(5)3/h2,9H2,1,3-4H3. The average Bonchev–Trinajstić information content (AvgIpc) is 1.84. The van der Waals surface area contributed by atoms with Gasteiger partial charge >= 0.3 is 0 Å². The number of nitrogens with two attached hydrogens (primary N) is 1. The van der Waals surface area contributed by atoms with Crippen molar-refractivity contribution >= 4 is 0 Å². The van der Waals surface area contributed by atoms with E-state index >= 15 is 0 Å². The molecule has 0 radical (unpaired) electrons. The third kappa shape index (κ3) is 0.583. The molecule has 0 saturated carbocycles. The molecule has 9 heavy (non-hydrogen) atoms. The van der Waals surface area contributed by atoms with E-state index in [0.29, 0.717) is 0 Å². The molecule has 0 spiro atoms. The Morgan fingerprint density at radius 3 is 2.00 bits per heavy atom. The van der Waals surface area contributed by atoms with E-state index in [4.69, 9.17) is 5.73 Å². The van der Waals surface area contributed by atoms with Crippen molar-refractivity contribution < 1.29 is 0 Å². The maximum Gasteiger partial charge on any atom is 0.0596 e. The van der Waals surface area contributed by atoms with E-state index in [1.54, 1.807) is 0 Å². The summed E-state index contributed by atoms with van der Waals surface area (Å²) < 4.78 is 0. The average molecular weight is 123 g/mol. The summed E-state index contributed by atoms with van der Waals surface area (Å²) in [6, 6.07) is 0. The summed E-state index contributed by atoms with van der Waals surface area (Å²) >= 11 is 0. The third-order valence-corrected chi connectivity index (χ3v) is 2.42. The van der Waals surface area contributed by atoms with Gasteiger partial charge in [0, 0.05) is 0 Å². The Hall–Kier alpha value is -0.560. The second-order valence-electron chi connectivity index (χ2n) is 2.93. The van der Waals surface area contributed by atoms with E-state index in [9.17, 15) is 0 Å². The van der Waals surface area contributed by atoms with Gasteiger partial charge < -0.3 is 5.73 Å². The van der Waals surface area contributed by atoms with E-state index in [0.717, 1.165) is 5.57 Å². The molecule has 0 aromatic heterocycles. The molecule has 0 saturated heterocycles. The summed E-state index contributed by atoms with van der Waals surface area (Å²) in [7, 11) is 0. The van der Waals surface area contributed by atoms with Gasteiger partial charge in [0.2, 0.25) is 0 Å². The zero-order valence-corrected chi connectivity index (χ0v) is 6.28. The van der Waals surface area contributed by atoms with Gasteiger partial charge in [0.1, 0.15) is 0 Å². The van der Waals surface area contributed by atoms with Crippen molar-refractivity contribution in [1.82, 2.24) is 0 Å². The van der Waals surface area contributed by atoms with E-state index in [1.807, 2.05) is 6.92 Å². The zero-order valence-electron chi connectivity index (χ0n) is 6.28. The normalized spacial score (nSPS) is 34.9. The molecule has 0 fully saturated rings. The Labute approximate surface area is 56.2 Å². The van der Waals surface area contributed by atoms with Crippen LogP contribution < -0.4 is 5.73 Å². The molecule has 0 aliphatic heterocycles. The van der Waals surface area contributed by atoms with Crippen molar-refractivity contribution in [3.8, 4) is 0 Å². The molecule has 0 heterocycles. The minimum Gasteiger partial charge on any atom is -0.318 e. The van der Waals surface area contributed by atoms with Crippen LogP contribution in [0.2, 0.25) is 0 Å². The minimum absolute atomic E-state index is 0.204. The van der Waals surface area contributed by atoms with Gasteiger partial charge in [0.15, 0.2) is 0 Å². The molecule has 1 aliphatic carbocycles. The lowest BCUT2D eigenvalue weighted by Gasteiger charge is -2.40. The lowest BCUT2D eigenvalue weighted by Crippen LogP contribution is -2.47. The summed E-state index contributed by atoms with van der Waals surface area (Å²) in [5.41, 5.74) is 9.27. The van der Waals surface area contributed by atoms with E-state index in [1.165, 1.54) is 11.1 Å². The Bertz CT molecular complexity index is 197. The van der Waals surface area contributed by atoms with Gasteiger partial charge in [-0.3, -0.25) is 0 Å². The molecular formula is C8H13N. The lowest BCUT2D eigenvalue weighted by atomic mass is 9.70. The van der Waals surface area contributed by atoms with Crippen LogP contribution in [0.4, 0.5) is 0 Å². The topological polar surface area (TPSA) is 26.0 Å². The number of rotatable bonds is 0. The molecule has 1 heteroatoms. The van der Waals surface area contributed by atoms with Crippen LogP contribution in [0.25, 0.3) is 0 Å². The second-order valence-corrected chi connectivity index (χ2v) is 2.93. The number of hydrogen-bond acceptors (Lipinski definition) is 1. The summed E-state index contributed by atoms with van der Waals surface area (Å²) in [5, 5.41) is 0. The zero-order chi connectivity index (χ0) is 7.23. The first-order valence-corrected chi connectivity index (χ1v) is 3.14. The first-order valence-electron chi connectivity index (χ1n) is 3.14. The summed E-state index contributed by atoms with van der Waals surface area (Å²) in [6.45, 7) is 9.98. The highest BCUT2D eigenvalue weighted by Gasteiger charge is 2.35.